The summed E-state index contributed by atoms with van der Waals surface area (Å²) in [4.78, 5) is 31.3. The maximum absolute atomic E-state index is 13.6. The third-order valence-electron chi connectivity index (χ3n) is 8.54. The lowest BCUT2D eigenvalue weighted by Crippen LogP contribution is -2.46. The van der Waals surface area contributed by atoms with Crippen LogP contribution in [0.15, 0.2) is 30.9 Å². The summed E-state index contributed by atoms with van der Waals surface area (Å²) >= 11 is 1.61. The molecule has 0 radical (unpaired) electrons. The summed E-state index contributed by atoms with van der Waals surface area (Å²) in [5, 5.41) is 23.2. The Bertz CT molecular complexity index is 1190. The number of cyclic esters (lactones) is 1. The molecule has 2 fully saturated rings. The lowest BCUT2D eigenvalue weighted by molar-refractivity contribution is -0.156. The standard InChI is InChI=1S/C30H41NO6S/c1-7-9-20-27(34)17(2)10-8-13-30(6)25(37-30)15-22(19-11-12-23-21(14-19)31-18(3)38-23)36-26(33)16-24(32)29(4,5)28(20)35/h7,11-12,14,17,20,22,24-25,27,32,34H,1,8-10,13,15-16H2,2-6H3/t17-,20+,22-,24-,25-,27-,30?/m0/s1. The molecule has 1 unspecified atom stereocenters. The van der Waals surface area contributed by atoms with E-state index in [1.54, 1.807) is 31.3 Å². The third-order valence-corrected chi connectivity index (χ3v) is 9.49. The minimum absolute atomic E-state index is 0.0715. The van der Waals surface area contributed by atoms with E-state index < -0.39 is 35.6 Å². The number of fused-ring (bicyclic) bond motifs is 2. The van der Waals surface area contributed by atoms with Crippen LogP contribution in [0.1, 0.15) is 82.9 Å². The fraction of sp³-hybridized carbons (Fsp3) is 0.633. The largest absolute Gasteiger partial charge is 0.457 e. The molecule has 2 aliphatic rings. The van der Waals surface area contributed by atoms with Gasteiger partial charge in [0.25, 0.3) is 0 Å². The topological polar surface area (TPSA) is 109 Å². The van der Waals surface area contributed by atoms with E-state index >= 15 is 0 Å². The van der Waals surface area contributed by atoms with Gasteiger partial charge in [-0.25, -0.2) is 4.98 Å². The zero-order valence-corrected chi connectivity index (χ0v) is 23.9. The first kappa shape index (κ1) is 28.9. The first-order valence-electron chi connectivity index (χ1n) is 13.6. The van der Waals surface area contributed by atoms with Crippen molar-refractivity contribution in [3.05, 3.63) is 41.4 Å². The molecule has 8 heteroatoms. The summed E-state index contributed by atoms with van der Waals surface area (Å²) in [5.41, 5.74) is 0.115. The first-order valence-corrected chi connectivity index (χ1v) is 14.4. The van der Waals surface area contributed by atoms with E-state index in [0.717, 1.165) is 40.1 Å². The van der Waals surface area contributed by atoms with Gasteiger partial charge < -0.3 is 19.7 Å². The molecule has 38 heavy (non-hydrogen) atoms. The van der Waals surface area contributed by atoms with Gasteiger partial charge in [0.1, 0.15) is 11.9 Å². The van der Waals surface area contributed by atoms with Crippen LogP contribution in [0.5, 0.6) is 0 Å². The summed E-state index contributed by atoms with van der Waals surface area (Å²) in [6.45, 7) is 13.0. The number of aryl methyl sites for hydroxylation is 1. The monoisotopic (exact) mass is 543 g/mol. The molecule has 2 aliphatic heterocycles. The molecule has 0 aliphatic carbocycles. The fourth-order valence-electron chi connectivity index (χ4n) is 5.70. The van der Waals surface area contributed by atoms with Gasteiger partial charge in [-0.2, -0.15) is 0 Å². The SMILES string of the molecule is C=CC[C@H]1C(=O)C(C)(C)[C@@H](O)CC(=O)O[C@H](c2ccc3sc(C)nc3c2)C[C@@H]2OC2(C)CCC[C@H](C)[C@@H]1O. The minimum Gasteiger partial charge on any atom is -0.457 e. The Balaban J connectivity index is 1.63. The third kappa shape index (κ3) is 6.03. The normalized spacial score (nSPS) is 34.9. The van der Waals surface area contributed by atoms with E-state index in [2.05, 4.69) is 18.5 Å². The number of carbonyl (C=O) groups excluding carboxylic acids is 2. The van der Waals surface area contributed by atoms with E-state index in [-0.39, 0.29) is 29.8 Å². The maximum atomic E-state index is 13.6. The van der Waals surface area contributed by atoms with Gasteiger partial charge in [-0.1, -0.05) is 39.3 Å². The number of benzene rings is 1. The number of hydrogen-bond donors (Lipinski definition) is 2. The van der Waals surface area contributed by atoms with Crippen LogP contribution in [0.3, 0.4) is 0 Å². The van der Waals surface area contributed by atoms with Gasteiger partial charge in [-0.3, -0.25) is 9.59 Å². The number of aliphatic hydroxyl groups excluding tert-OH is 2. The molecule has 208 valence electrons. The molecule has 0 bridgehead atoms. The molecule has 1 aromatic heterocycles. The van der Waals surface area contributed by atoms with Crippen molar-refractivity contribution in [2.75, 3.05) is 0 Å². The number of aliphatic hydroxyl groups is 2. The van der Waals surface area contributed by atoms with Gasteiger partial charge in [-0.05, 0) is 56.7 Å². The number of ketones is 1. The van der Waals surface area contributed by atoms with Crippen LogP contribution >= 0.6 is 11.3 Å². The Morgan fingerprint density at radius 3 is 2.68 bits per heavy atom. The maximum Gasteiger partial charge on any atom is 0.309 e. The van der Waals surface area contributed by atoms with Crippen LogP contribution in [0.2, 0.25) is 0 Å². The van der Waals surface area contributed by atoms with Crippen molar-refractivity contribution < 1.29 is 29.3 Å². The van der Waals surface area contributed by atoms with Crippen molar-refractivity contribution in [3.8, 4) is 0 Å². The van der Waals surface area contributed by atoms with Gasteiger partial charge in [-0.15, -0.1) is 17.9 Å². The smallest absolute Gasteiger partial charge is 0.309 e. The van der Waals surface area contributed by atoms with Crippen LogP contribution in [0, 0.1) is 24.2 Å². The van der Waals surface area contributed by atoms with Gasteiger partial charge in [0, 0.05) is 12.3 Å². The number of ether oxygens (including phenoxy) is 2. The van der Waals surface area contributed by atoms with Crippen molar-refractivity contribution in [3.63, 3.8) is 0 Å². The average Bonchev–Trinajstić information content (AvgIpc) is 3.32. The molecule has 0 amide bonds. The zero-order chi connectivity index (χ0) is 27.8. The number of Topliss-reactive ketones (excluding diaryl/α,β-unsaturated/α-hetero) is 1. The second-order valence-electron chi connectivity index (χ2n) is 11.9. The highest BCUT2D eigenvalue weighted by atomic mass is 32.1. The number of thiazole rings is 1. The van der Waals surface area contributed by atoms with Gasteiger partial charge in [0.05, 0.1) is 51.0 Å². The molecule has 7 nitrogen and oxygen atoms in total. The van der Waals surface area contributed by atoms with Gasteiger partial charge in [0.15, 0.2) is 0 Å². The van der Waals surface area contributed by atoms with Crippen LogP contribution in [-0.4, -0.2) is 50.9 Å². The summed E-state index contributed by atoms with van der Waals surface area (Å²) in [7, 11) is 0. The fourth-order valence-corrected chi connectivity index (χ4v) is 6.51. The minimum atomic E-state index is -1.27. The Morgan fingerprint density at radius 2 is 1.97 bits per heavy atom. The Morgan fingerprint density at radius 1 is 1.24 bits per heavy atom. The number of hydrogen-bond acceptors (Lipinski definition) is 8. The number of rotatable bonds is 3. The molecule has 7 atom stereocenters. The molecule has 2 saturated heterocycles. The average molecular weight is 544 g/mol. The summed E-state index contributed by atoms with van der Waals surface area (Å²) in [5.74, 6) is -1.68. The van der Waals surface area contributed by atoms with Crippen molar-refractivity contribution in [2.24, 2.45) is 17.3 Å². The Hall–Kier alpha value is -2.13. The van der Waals surface area contributed by atoms with Crippen LogP contribution in [0.25, 0.3) is 10.2 Å². The zero-order valence-electron chi connectivity index (χ0n) is 23.1. The van der Waals surface area contributed by atoms with Gasteiger partial charge >= 0.3 is 5.97 Å². The number of epoxide rings is 1. The lowest BCUT2D eigenvalue weighted by atomic mass is 9.71. The molecule has 2 aromatic rings. The molecule has 4 rings (SSSR count). The molecule has 0 saturated carbocycles. The number of carbonyl (C=O) groups is 2. The Labute approximate surface area is 229 Å². The number of esters is 1. The summed E-state index contributed by atoms with van der Waals surface area (Å²) < 4.78 is 13.2. The molecule has 1 aromatic carbocycles. The number of aromatic nitrogens is 1. The molecule has 2 N–H and O–H groups in total. The molecule has 0 spiro atoms. The van der Waals surface area contributed by atoms with Crippen molar-refractivity contribution >= 4 is 33.3 Å². The highest BCUT2D eigenvalue weighted by Gasteiger charge is 2.53. The summed E-state index contributed by atoms with van der Waals surface area (Å²) in [6.07, 6.45) is 1.71. The van der Waals surface area contributed by atoms with E-state index in [4.69, 9.17) is 9.47 Å². The summed E-state index contributed by atoms with van der Waals surface area (Å²) in [6, 6.07) is 5.92. The second kappa shape index (κ2) is 11.2. The van der Waals surface area contributed by atoms with Crippen LogP contribution in [0.4, 0.5) is 0 Å². The number of allylic oxidation sites excluding steroid dienone is 1. The Kier molecular flexibility index (Phi) is 8.48. The van der Waals surface area contributed by atoms with E-state index in [9.17, 15) is 19.8 Å². The highest BCUT2D eigenvalue weighted by molar-refractivity contribution is 7.18. The quantitative estimate of drug-likeness (QED) is 0.301. The highest BCUT2D eigenvalue weighted by Crippen LogP contribution is 2.47. The second-order valence-corrected chi connectivity index (χ2v) is 13.1. The molecule has 3 heterocycles. The molecular formula is C30H41NO6S. The van der Waals surface area contributed by atoms with Crippen molar-refractivity contribution in [2.45, 2.75) is 103 Å². The lowest BCUT2D eigenvalue weighted by Gasteiger charge is -2.35. The van der Waals surface area contributed by atoms with Crippen LogP contribution in [-0.2, 0) is 19.1 Å². The van der Waals surface area contributed by atoms with Gasteiger partial charge in [0.2, 0.25) is 0 Å². The first-order chi connectivity index (χ1) is 17.9. The van der Waals surface area contributed by atoms with Crippen LogP contribution < -0.4 is 0 Å². The predicted octanol–water partition coefficient (Wildman–Crippen LogP) is 5.46. The van der Waals surface area contributed by atoms with E-state index in [1.807, 2.05) is 32.0 Å². The van der Waals surface area contributed by atoms with E-state index in [1.165, 1.54) is 0 Å². The van der Waals surface area contributed by atoms with Crippen molar-refractivity contribution in [1.29, 1.82) is 0 Å². The van der Waals surface area contributed by atoms with E-state index in [0.29, 0.717) is 12.8 Å². The molecular weight excluding hydrogens is 502 g/mol. The number of nitrogens with zero attached hydrogens (tertiary/aromatic N) is 1. The van der Waals surface area contributed by atoms with Crippen molar-refractivity contribution in [1.82, 2.24) is 4.98 Å². The predicted molar refractivity (Wildman–Crippen MR) is 148 cm³/mol.